The molecular formula is C18H22N4O2. The largest absolute Gasteiger partial charge is 0.508 e. The summed E-state index contributed by atoms with van der Waals surface area (Å²) in [5, 5.41) is 16.4. The third-order valence-electron chi connectivity index (χ3n) is 4.54. The molecule has 0 radical (unpaired) electrons. The van der Waals surface area contributed by atoms with Crippen LogP contribution < -0.4 is 5.73 Å². The van der Waals surface area contributed by atoms with Gasteiger partial charge in [-0.3, -0.25) is 9.89 Å². The second-order valence-electron chi connectivity index (χ2n) is 6.23. The van der Waals surface area contributed by atoms with Crippen molar-refractivity contribution >= 4 is 11.7 Å². The number of phenolic OH excluding ortho intramolecular Hbond substituents is 1. The van der Waals surface area contributed by atoms with Crippen LogP contribution in [0.25, 0.3) is 0 Å². The lowest BCUT2D eigenvalue weighted by atomic mass is 9.98. The number of allylic oxidation sites excluding steroid dienone is 1. The Morgan fingerprint density at radius 3 is 2.96 bits per heavy atom. The molecule has 0 saturated carbocycles. The van der Waals surface area contributed by atoms with Gasteiger partial charge in [-0.15, -0.1) is 0 Å². The number of aryl methyl sites for hydroxylation is 1. The van der Waals surface area contributed by atoms with Crippen molar-refractivity contribution in [3.8, 4) is 5.75 Å². The number of aromatic nitrogens is 2. The first-order chi connectivity index (χ1) is 11.5. The SMILES string of the molecule is C/C(=C\Cc1c(N)n[nH]c1C)C(=O)N1CCc2ccc(O)cc2C1. The minimum atomic E-state index is 0.0173. The van der Waals surface area contributed by atoms with Gasteiger partial charge in [0.2, 0.25) is 5.91 Å². The number of hydrogen-bond acceptors (Lipinski definition) is 4. The van der Waals surface area contributed by atoms with Crippen LogP contribution in [-0.2, 0) is 24.2 Å². The van der Waals surface area contributed by atoms with Crippen molar-refractivity contribution in [1.82, 2.24) is 15.1 Å². The molecule has 0 atom stereocenters. The molecule has 4 N–H and O–H groups in total. The third kappa shape index (κ3) is 3.13. The molecule has 1 aliphatic heterocycles. The molecule has 0 fully saturated rings. The lowest BCUT2D eigenvalue weighted by molar-refractivity contribution is -0.128. The molecule has 1 aliphatic rings. The minimum absolute atomic E-state index is 0.0173. The quantitative estimate of drug-likeness (QED) is 0.753. The van der Waals surface area contributed by atoms with Crippen LogP contribution in [0.5, 0.6) is 5.75 Å². The number of benzene rings is 1. The van der Waals surface area contributed by atoms with Gasteiger partial charge in [0.05, 0.1) is 0 Å². The lowest BCUT2D eigenvalue weighted by Gasteiger charge is -2.29. The van der Waals surface area contributed by atoms with Crippen molar-refractivity contribution in [3.63, 3.8) is 0 Å². The number of amides is 1. The normalized spacial score (nSPS) is 14.6. The molecular weight excluding hydrogens is 304 g/mol. The number of nitrogen functional groups attached to an aromatic ring is 1. The zero-order valence-electron chi connectivity index (χ0n) is 14.0. The molecule has 0 spiro atoms. The van der Waals surface area contributed by atoms with Gasteiger partial charge in [0.1, 0.15) is 11.6 Å². The van der Waals surface area contributed by atoms with Crippen molar-refractivity contribution in [2.45, 2.75) is 33.2 Å². The zero-order valence-corrected chi connectivity index (χ0v) is 14.0. The van der Waals surface area contributed by atoms with Gasteiger partial charge < -0.3 is 15.7 Å². The highest BCUT2D eigenvalue weighted by molar-refractivity contribution is 5.93. The number of phenols is 1. The maximum atomic E-state index is 12.7. The van der Waals surface area contributed by atoms with Crippen LogP contribution in [0.15, 0.2) is 29.8 Å². The summed E-state index contributed by atoms with van der Waals surface area (Å²) in [5.74, 6) is 0.733. The Kier molecular flexibility index (Phi) is 4.29. The van der Waals surface area contributed by atoms with Crippen LogP contribution in [0.1, 0.15) is 29.3 Å². The van der Waals surface area contributed by atoms with Gasteiger partial charge in [-0.05, 0) is 49.9 Å². The van der Waals surface area contributed by atoms with E-state index >= 15 is 0 Å². The van der Waals surface area contributed by atoms with E-state index in [1.807, 2.05) is 30.9 Å². The van der Waals surface area contributed by atoms with Crippen molar-refractivity contribution in [1.29, 1.82) is 0 Å². The Morgan fingerprint density at radius 1 is 1.46 bits per heavy atom. The van der Waals surface area contributed by atoms with Crippen molar-refractivity contribution in [3.05, 3.63) is 52.2 Å². The monoisotopic (exact) mass is 326 g/mol. The Labute approximate surface area is 141 Å². The summed E-state index contributed by atoms with van der Waals surface area (Å²) in [6.45, 7) is 4.96. The van der Waals surface area contributed by atoms with Crippen LogP contribution in [-0.4, -0.2) is 32.7 Å². The highest BCUT2D eigenvalue weighted by Gasteiger charge is 2.22. The molecule has 6 heteroatoms. The van der Waals surface area contributed by atoms with Gasteiger partial charge in [-0.25, -0.2) is 0 Å². The number of aromatic hydroxyl groups is 1. The number of aromatic amines is 1. The molecule has 1 aromatic carbocycles. The topological polar surface area (TPSA) is 95.2 Å². The zero-order chi connectivity index (χ0) is 17.3. The maximum absolute atomic E-state index is 12.7. The summed E-state index contributed by atoms with van der Waals surface area (Å²) in [7, 11) is 0. The van der Waals surface area contributed by atoms with E-state index in [1.165, 1.54) is 5.56 Å². The molecule has 0 unspecified atom stereocenters. The van der Waals surface area contributed by atoms with Crippen molar-refractivity contribution in [2.24, 2.45) is 0 Å². The lowest BCUT2D eigenvalue weighted by Crippen LogP contribution is -2.36. The summed E-state index contributed by atoms with van der Waals surface area (Å²) in [6, 6.07) is 5.36. The number of carbonyl (C=O) groups is 1. The summed E-state index contributed by atoms with van der Waals surface area (Å²) >= 11 is 0. The smallest absolute Gasteiger partial charge is 0.249 e. The highest BCUT2D eigenvalue weighted by atomic mass is 16.3. The summed E-state index contributed by atoms with van der Waals surface area (Å²) < 4.78 is 0. The van der Waals surface area contributed by atoms with E-state index in [-0.39, 0.29) is 11.7 Å². The van der Waals surface area contributed by atoms with Gasteiger partial charge in [-0.1, -0.05) is 12.1 Å². The van der Waals surface area contributed by atoms with Gasteiger partial charge in [-0.2, -0.15) is 5.10 Å². The molecule has 0 bridgehead atoms. The van der Waals surface area contributed by atoms with E-state index in [0.29, 0.717) is 30.9 Å². The first-order valence-corrected chi connectivity index (χ1v) is 8.02. The fourth-order valence-corrected chi connectivity index (χ4v) is 3.04. The average Bonchev–Trinajstić information content (AvgIpc) is 2.89. The summed E-state index contributed by atoms with van der Waals surface area (Å²) in [5.41, 5.74) is 10.6. The molecule has 0 saturated heterocycles. The van der Waals surface area contributed by atoms with Gasteiger partial charge in [0.25, 0.3) is 0 Å². The Bertz CT molecular complexity index is 788. The first-order valence-electron chi connectivity index (χ1n) is 8.02. The molecule has 24 heavy (non-hydrogen) atoms. The Morgan fingerprint density at radius 2 is 2.25 bits per heavy atom. The van der Waals surface area contributed by atoms with Crippen LogP contribution >= 0.6 is 0 Å². The third-order valence-corrected chi connectivity index (χ3v) is 4.54. The number of nitrogens with one attached hydrogen (secondary N) is 1. The summed E-state index contributed by atoms with van der Waals surface area (Å²) in [4.78, 5) is 14.5. The predicted octanol–water partition coefficient (Wildman–Crippen LogP) is 2.08. The number of nitrogens with zero attached hydrogens (tertiary/aromatic N) is 2. The highest BCUT2D eigenvalue weighted by Crippen LogP contribution is 2.24. The van der Waals surface area contributed by atoms with E-state index in [0.717, 1.165) is 23.2 Å². The van der Waals surface area contributed by atoms with E-state index < -0.39 is 0 Å². The Balaban J connectivity index is 1.71. The number of carbonyl (C=O) groups excluding carboxylic acids is 1. The molecule has 1 aromatic heterocycles. The van der Waals surface area contributed by atoms with E-state index in [1.54, 1.807) is 12.1 Å². The number of hydrogen-bond donors (Lipinski definition) is 3. The fourth-order valence-electron chi connectivity index (χ4n) is 3.04. The second-order valence-corrected chi connectivity index (χ2v) is 6.23. The van der Waals surface area contributed by atoms with Crippen LogP contribution in [0.2, 0.25) is 0 Å². The van der Waals surface area contributed by atoms with Crippen molar-refractivity contribution < 1.29 is 9.90 Å². The van der Waals surface area contributed by atoms with Crippen LogP contribution in [0.3, 0.4) is 0 Å². The van der Waals surface area contributed by atoms with E-state index in [4.69, 9.17) is 5.73 Å². The predicted molar refractivity (Wildman–Crippen MR) is 92.4 cm³/mol. The number of fused-ring (bicyclic) bond motifs is 1. The molecule has 3 rings (SSSR count). The average molecular weight is 326 g/mol. The molecule has 2 heterocycles. The van der Waals surface area contributed by atoms with Gasteiger partial charge in [0, 0.05) is 29.9 Å². The van der Waals surface area contributed by atoms with Crippen LogP contribution in [0.4, 0.5) is 5.82 Å². The number of anilines is 1. The fraction of sp³-hybridized carbons (Fsp3) is 0.333. The number of nitrogens with two attached hydrogens (primary N) is 1. The molecule has 6 nitrogen and oxygen atoms in total. The molecule has 0 aliphatic carbocycles. The second kappa shape index (κ2) is 6.39. The van der Waals surface area contributed by atoms with Crippen molar-refractivity contribution in [2.75, 3.05) is 12.3 Å². The molecule has 126 valence electrons. The van der Waals surface area contributed by atoms with Crippen LogP contribution in [0, 0.1) is 6.92 Å². The van der Waals surface area contributed by atoms with E-state index in [2.05, 4.69) is 10.2 Å². The maximum Gasteiger partial charge on any atom is 0.249 e. The summed E-state index contributed by atoms with van der Waals surface area (Å²) in [6.07, 6.45) is 3.29. The first kappa shape index (κ1) is 16.1. The number of H-pyrrole nitrogens is 1. The molecule has 2 aromatic rings. The van der Waals surface area contributed by atoms with Gasteiger partial charge >= 0.3 is 0 Å². The number of rotatable bonds is 3. The molecule has 1 amide bonds. The van der Waals surface area contributed by atoms with E-state index in [9.17, 15) is 9.90 Å². The minimum Gasteiger partial charge on any atom is -0.508 e. The standard InChI is InChI=1S/C18H22N4O2/c1-11(3-6-16-12(2)20-21-17(16)19)18(24)22-8-7-13-4-5-15(23)9-14(13)10-22/h3-5,9,23H,6-8,10H2,1-2H3,(H3,19,20,21)/b11-3+. The Hall–Kier alpha value is -2.76. The van der Waals surface area contributed by atoms with Gasteiger partial charge in [0.15, 0.2) is 0 Å².